The molecule has 0 saturated carbocycles. The molecule has 66 valence electrons. The number of nitrogens with zero attached hydrogens (tertiary/aromatic N) is 1. The van der Waals surface area contributed by atoms with Gasteiger partial charge in [0.2, 0.25) is 0 Å². The highest BCUT2D eigenvalue weighted by Gasteiger charge is 2.12. The molecule has 1 aromatic rings. The number of rotatable bonds is 3. The van der Waals surface area contributed by atoms with E-state index in [1.165, 1.54) is 5.56 Å². The lowest BCUT2D eigenvalue weighted by Gasteiger charge is -2.18. The van der Waals surface area contributed by atoms with Crippen molar-refractivity contribution in [3.8, 4) is 0 Å². The van der Waals surface area contributed by atoms with E-state index in [-0.39, 0.29) is 0 Å². The maximum Gasteiger partial charge on any atom is 0.0303 e. The molecule has 0 radical (unpaired) electrons. The number of hydrogen-bond donors (Lipinski definition) is 1. The van der Waals surface area contributed by atoms with E-state index < -0.39 is 0 Å². The molecule has 0 saturated heterocycles. The van der Waals surface area contributed by atoms with Gasteiger partial charge in [0.05, 0.1) is 0 Å². The molecule has 1 aromatic heterocycles. The normalized spacial score (nSPS) is 13.3. The highest BCUT2D eigenvalue weighted by atomic mass is 14.6. The zero-order chi connectivity index (χ0) is 8.97. The van der Waals surface area contributed by atoms with Crippen LogP contribution in [0.4, 0.5) is 0 Å². The van der Waals surface area contributed by atoms with Crippen molar-refractivity contribution in [2.75, 3.05) is 6.54 Å². The smallest absolute Gasteiger partial charge is 0.0303 e. The van der Waals surface area contributed by atoms with Crippen molar-refractivity contribution in [1.82, 2.24) is 4.98 Å². The second-order valence-electron chi connectivity index (χ2n) is 3.37. The van der Waals surface area contributed by atoms with Crippen molar-refractivity contribution in [2.45, 2.75) is 19.8 Å². The third-order valence-electron chi connectivity index (χ3n) is 2.17. The Bertz CT molecular complexity index is 219. The standard InChI is InChI=1S/C10H16N2/c1-8(2)10(6-11)9-4-3-5-12-7-9/h3-5,7-8,10H,6,11H2,1-2H3. The lowest BCUT2D eigenvalue weighted by atomic mass is 9.90. The molecule has 0 amide bonds. The molecular weight excluding hydrogens is 148 g/mol. The molecule has 2 N–H and O–H groups in total. The predicted octanol–water partition coefficient (Wildman–Crippen LogP) is 1.78. The van der Waals surface area contributed by atoms with Crippen molar-refractivity contribution in [1.29, 1.82) is 0 Å². The van der Waals surface area contributed by atoms with Gasteiger partial charge in [-0.1, -0.05) is 19.9 Å². The van der Waals surface area contributed by atoms with Gasteiger partial charge < -0.3 is 5.73 Å². The topological polar surface area (TPSA) is 38.9 Å². The van der Waals surface area contributed by atoms with Crippen LogP contribution in [-0.4, -0.2) is 11.5 Å². The van der Waals surface area contributed by atoms with Crippen LogP contribution >= 0.6 is 0 Å². The first-order chi connectivity index (χ1) is 5.75. The Hall–Kier alpha value is -0.890. The van der Waals surface area contributed by atoms with Gasteiger partial charge in [0.25, 0.3) is 0 Å². The van der Waals surface area contributed by atoms with Gasteiger partial charge in [-0.05, 0) is 30.0 Å². The zero-order valence-corrected chi connectivity index (χ0v) is 7.70. The zero-order valence-electron chi connectivity index (χ0n) is 7.70. The molecule has 0 aliphatic rings. The minimum atomic E-state index is 0.443. The Morgan fingerprint density at radius 2 is 2.25 bits per heavy atom. The van der Waals surface area contributed by atoms with Gasteiger partial charge in [-0.3, -0.25) is 4.98 Å². The van der Waals surface area contributed by atoms with Crippen LogP contribution in [0.1, 0.15) is 25.3 Å². The van der Waals surface area contributed by atoms with E-state index in [1.54, 1.807) is 6.20 Å². The summed E-state index contributed by atoms with van der Waals surface area (Å²) in [6.45, 7) is 5.07. The Balaban J connectivity index is 2.80. The minimum absolute atomic E-state index is 0.443. The van der Waals surface area contributed by atoms with Crippen LogP contribution in [-0.2, 0) is 0 Å². The summed E-state index contributed by atoms with van der Waals surface area (Å²) in [6, 6.07) is 4.05. The van der Waals surface area contributed by atoms with E-state index in [0.717, 1.165) is 0 Å². The first-order valence-corrected chi connectivity index (χ1v) is 4.35. The summed E-state index contributed by atoms with van der Waals surface area (Å²) < 4.78 is 0. The highest BCUT2D eigenvalue weighted by molar-refractivity contribution is 5.15. The van der Waals surface area contributed by atoms with Gasteiger partial charge in [0.1, 0.15) is 0 Å². The number of aromatic nitrogens is 1. The fourth-order valence-electron chi connectivity index (χ4n) is 1.39. The van der Waals surface area contributed by atoms with Gasteiger partial charge >= 0.3 is 0 Å². The second kappa shape index (κ2) is 4.21. The van der Waals surface area contributed by atoms with E-state index >= 15 is 0 Å². The van der Waals surface area contributed by atoms with Crippen molar-refractivity contribution >= 4 is 0 Å². The second-order valence-corrected chi connectivity index (χ2v) is 3.37. The highest BCUT2D eigenvalue weighted by Crippen LogP contribution is 2.21. The van der Waals surface area contributed by atoms with E-state index in [9.17, 15) is 0 Å². The molecule has 0 fully saturated rings. The van der Waals surface area contributed by atoms with Crippen molar-refractivity contribution < 1.29 is 0 Å². The third-order valence-corrected chi connectivity index (χ3v) is 2.17. The summed E-state index contributed by atoms with van der Waals surface area (Å²) in [6.07, 6.45) is 3.69. The summed E-state index contributed by atoms with van der Waals surface area (Å²) in [5.41, 5.74) is 6.92. The Kier molecular flexibility index (Phi) is 3.23. The molecule has 12 heavy (non-hydrogen) atoms. The molecule has 1 unspecified atom stereocenters. The fourth-order valence-corrected chi connectivity index (χ4v) is 1.39. The van der Waals surface area contributed by atoms with E-state index in [4.69, 9.17) is 5.73 Å². The molecule has 2 nitrogen and oxygen atoms in total. The Morgan fingerprint density at radius 1 is 1.50 bits per heavy atom. The molecular formula is C10H16N2. The quantitative estimate of drug-likeness (QED) is 0.739. The number of nitrogens with two attached hydrogens (primary N) is 1. The molecule has 1 rings (SSSR count). The monoisotopic (exact) mass is 164 g/mol. The van der Waals surface area contributed by atoms with Gasteiger partial charge in [0, 0.05) is 12.4 Å². The molecule has 1 atom stereocenters. The largest absolute Gasteiger partial charge is 0.330 e. The van der Waals surface area contributed by atoms with Crippen LogP contribution in [0.25, 0.3) is 0 Å². The third kappa shape index (κ3) is 2.05. The lowest BCUT2D eigenvalue weighted by molar-refractivity contribution is 0.505. The van der Waals surface area contributed by atoms with Crippen molar-refractivity contribution in [2.24, 2.45) is 11.7 Å². The molecule has 0 bridgehead atoms. The molecule has 0 aliphatic carbocycles. The first kappa shape index (κ1) is 9.20. The summed E-state index contributed by atoms with van der Waals surface area (Å²) in [4.78, 5) is 4.08. The van der Waals surface area contributed by atoms with Gasteiger partial charge in [0.15, 0.2) is 0 Å². The van der Waals surface area contributed by atoms with Gasteiger partial charge in [-0.15, -0.1) is 0 Å². The predicted molar refractivity (Wildman–Crippen MR) is 50.9 cm³/mol. The van der Waals surface area contributed by atoms with Gasteiger partial charge in [-0.2, -0.15) is 0 Å². The van der Waals surface area contributed by atoms with Crippen molar-refractivity contribution in [3.63, 3.8) is 0 Å². The van der Waals surface area contributed by atoms with Crippen LogP contribution in [0, 0.1) is 5.92 Å². The van der Waals surface area contributed by atoms with E-state index in [1.807, 2.05) is 12.3 Å². The van der Waals surface area contributed by atoms with Crippen LogP contribution in [0.15, 0.2) is 24.5 Å². The summed E-state index contributed by atoms with van der Waals surface area (Å²) >= 11 is 0. The SMILES string of the molecule is CC(C)C(CN)c1cccnc1. The molecule has 1 heterocycles. The molecule has 0 aromatic carbocycles. The number of pyridine rings is 1. The van der Waals surface area contributed by atoms with Crippen LogP contribution < -0.4 is 5.73 Å². The summed E-state index contributed by atoms with van der Waals surface area (Å²) in [5, 5.41) is 0. The van der Waals surface area contributed by atoms with Crippen LogP contribution in [0.2, 0.25) is 0 Å². The van der Waals surface area contributed by atoms with Crippen LogP contribution in [0.5, 0.6) is 0 Å². The molecule has 2 heteroatoms. The summed E-state index contributed by atoms with van der Waals surface area (Å²) in [5.74, 6) is 1.03. The molecule has 0 spiro atoms. The maximum absolute atomic E-state index is 5.68. The maximum atomic E-state index is 5.68. The van der Waals surface area contributed by atoms with E-state index in [0.29, 0.717) is 18.4 Å². The Morgan fingerprint density at radius 3 is 2.67 bits per heavy atom. The minimum Gasteiger partial charge on any atom is -0.330 e. The Labute approximate surface area is 73.8 Å². The molecule has 0 aliphatic heterocycles. The van der Waals surface area contributed by atoms with Crippen molar-refractivity contribution in [3.05, 3.63) is 30.1 Å². The lowest BCUT2D eigenvalue weighted by Crippen LogP contribution is -2.17. The summed E-state index contributed by atoms with van der Waals surface area (Å²) in [7, 11) is 0. The average Bonchev–Trinajstić information content (AvgIpc) is 2.07. The van der Waals surface area contributed by atoms with Gasteiger partial charge in [-0.25, -0.2) is 0 Å². The van der Waals surface area contributed by atoms with Crippen LogP contribution in [0.3, 0.4) is 0 Å². The van der Waals surface area contributed by atoms with E-state index in [2.05, 4.69) is 24.9 Å². The number of hydrogen-bond acceptors (Lipinski definition) is 2. The average molecular weight is 164 g/mol. The fraction of sp³-hybridized carbons (Fsp3) is 0.500. The first-order valence-electron chi connectivity index (χ1n) is 4.35.